The molecule has 4 N–H and O–H groups in total. The van der Waals surface area contributed by atoms with Gasteiger partial charge in [-0.05, 0) is 43.3 Å². The number of amidine groups is 2. The van der Waals surface area contributed by atoms with Gasteiger partial charge in [-0.15, -0.1) is 0 Å². The van der Waals surface area contributed by atoms with Crippen LogP contribution in [0, 0.1) is 10.8 Å². The van der Waals surface area contributed by atoms with Crippen molar-refractivity contribution in [1.29, 1.82) is 10.8 Å². The number of nitrogen functional groups attached to an aromatic ring is 1. The lowest BCUT2D eigenvalue weighted by molar-refractivity contribution is 0.0450. The monoisotopic (exact) mass is 424 g/mol. The van der Waals surface area contributed by atoms with Crippen molar-refractivity contribution in [2.24, 2.45) is 5.73 Å². The third-order valence-corrected chi connectivity index (χ3v) is 5.04. The molecule has 1 heterocycles. The van der Waals surface area contributed by atoms with Gasteiger partial charge in [-0.1, -0.05) is 12.1 Å². The summed E-state index contributed by atoms with van der Waals surface area (Å²) < 4.78 is 16.8. The largest absolute Gasteiger partial charge is 0.490 e. The summed E-state index contributed by atoms with van der Waals surface area (Å²) >= 11 is 0. The number of carbonyl (C=O) groups is 1. The predicted molar refractivity (Wildman–Crippen MR) is 118 cm³/mol. The van der Waals surface area contributed by atoms with Crippen LogP contribution in [-0.4, -0.2) is 54.9 Å². The van der Waals surface area contributed by atoms with Crippen molar-refractivity contribution in [3.63, 3.8) is 0 Å². The Hall–Kier alpha value is -3.55. The minimum absolute atomic E-state index is 0.0313. The third-order valence-electron chi connectivity index (χ3n) is 5.04. The number of carbonyl (C=O) groups excluding carboxylic acids is 1. The highest BCUT2D eigenvalue weighted by atomic mass is 16.6. The van der Waals surface area contributed by atoms with E-state index in [2.05, 4.69) is 0 Å². The van der Waals surface area contributed by atoms with E-state index < -0.39 is 5.97 Å². The summed E-state index contributed by atoms with van der Waals surface area (Å²) in [6, 6.07) is 13.8. The normalized spacial score (nSPS) is 14.0. The average Bonchev–Trinajstić information content (AvgIpc) is 2.77. The summed E-state index contributed by atoms with van der Waals surface area (Å²) in [7, 11) is 0. The van der Waals surface area contributed by atoms with Crippen molar-refractivity contribution in [1.82, 2.24) is 4.90 Å². The fraction of sp³-hybridized carbons (Fsp3) is 0.348. The van der Waals surface area contributed by atoms with Crippen LogP contribution in [0.15, 0.2) is 48.5 Å². The highest BCUT2D eigenvalue weighted by Gasteiger charge is 2.20. The Labute approximate surface area is 181 Å². The van der Waals surface area contributed by atoms with Gasteiger partial charge in [-0.3, -0.25) is 10.8 Å². The molecule has 2 aromatic carbocycles. The average molecular weight is 425 g/mol. The molecule has 0 aliphatic carbocycles. The van der Waals surface area contributed by atoms with E-state index in [-0.39, 0.29) is 25.2 Å². The fourth-order valence-electron chi connectivity index (χ4n) is 3.30. The Bertz CT molecular complexity index is 921. The number of rotatable bonds is 8. The van der Waals surface area contributed by atoms with E-state index in [1.165, 1.54) is 0 Å². The highest BCUT2D eigenvalue weighted by molar-refractivity contribution is 5.95. The van der Waals surface area contributed by atoms with Gasteiger partial charge >= 0.3 is 5.97 Å². The minimum Gasteiger partial charge on any atom is -0.490 e. The van der Waals surface area contributed by atoms with Crippen LogP contribution in [0.5, 0.6) is 11.5 Å². The number of piperidine rings is 1. The van der Waals surface area contributed by atoms with Crippen molar-refractivity contribution in [3.8, 4) is 11.5 Å². The quantitative estimate of drug-likeness (QED) is 0.259. The van der Waals surface area contributed by atoms with Crippen LogP contribution in [-0.2, 0) is 4.74 Å². The number of hydrogen-bond acceptors (Lipinski definition) is 6. The van der Waals surface area contributed by atoms with Crippen LogP contribution in [0.1, 0.15) is 35.7 Å². The molecule has 0 atom stereocenters. The Balaban J connectivity index is 1.40. The maximum absolute atomic E-state index is 12.2. The first-order valence-electron chi connectivity index (χ1n) is 10.2. The van der Waals surface area contributed by atoms with E-state index >= 15 is 0 Å². The van der Waals surface area contributed by atoms with Gasteiger partial charge in [0, 0.05) is 31.5 Å². The van der Waals surface area contributed by atoms with Crippen molar-refractivity contribution < 1.29 is 19.0 Å². The molecule has 2 aromatic rings. The van der Waals surface area contributed by atoms with Crippen molar-refractivity contribution in [2.45, 2.75) is 25.9 Å². The van der Waals surface area contributed by atoms with Gasteiger partial charge in [-0.2, -0.15) is 0 Å². The number of esters is 1. The summed E-state index contributed by atoms with van der Waals surface area (Å²) in [5, 5.41) is 15.1. The molecule has 3 rings (SSSR count). The minimum atomic E-state index is -0.428. The molecule has 0 radical (unpaired) electrons. The molecule has 0 spiro atoms. The molecular weight excluding hydrogens is 396 g/mol. The lowest BCUT2D eigenvalue weighted by Gasteiger charge is -2.32. The molecule has 164 valence electrons. The number of nitrogens with one attached hydrogen (secondary N) is 2. The second-order valence-corrected chi connectivity index (χ2v) is 7.34. The lowest BCUT2D eigenvalue weighted by atomic mass is 10.1. The van der Waals surface area contributed by atoms with Crippen LogP contribution in [0.4, 0.5) is 0 Å². The topological polar surface area (TPSA) is 122 Å². The molecule has 0 amide bonds. The molecule has 1 fully saturated rings. The van der Waals surface area contributed by atoms with Crippen molar-refractivity contribution >= 4 is 17.6 Å². The zero-order valence-corrected chi connectivity index (χ0v) is 17.6. The molecule has 1 aliphatic heterocycles. The Morgan fingerprint density at radius 3 is 2.39 bits per heavy atom. The molecule has 0 unspecified atom stereocenters. The van der Waals surface area contributed by atoms with Crippen LogP contribution in [0.2, 0.25) is 0 Å². The molecule has 8 nitrogen and oxygen atoms in total. The number of benzene rings is 2. The lowest BCUT2D eigenvalue weighted by Crippen LogP contribution is -2.40. The van der Waals surface area contributed by atoms with Gasteiger partial charge in [-0.25, -0.2) is 4.79 Å². The second-order valence-electron chi connectivity index (χ2n) is 7.34. The SMILES string of the molecule is CC(=N)N1CCC(Oc2ccc(C(=O)OCCOc3cccc(C(=N)N)c3)cc2)CC1. The van der Waals surface area contributed by atoms with Gasteiger partial charge in [0.15, 0.2) is 0 Å². The molecule has 1 saturated heterocycles. The van der Waals surface area contributed by atoms with E-state index in [1.807, 2.05) is 4.90 Å². The molecular formula is C23H28N4O4. The zero-order chi connectivity index (χ0) is 22.2. The molecule has 8 heteroatoms. The summed E-state index contributed by atoms with van der Waals surface area (Å²) in [6.07, 6.45) is 1.86. The molecule has 0 bridgehead atoms. The molecule has 31 heavy (non-hydrogen) atoms. The van der Waals surface area contributed by atoms with E-state index in [1.54, 1.807) is 55.5 Å². The van der Waals surface area contributed by atoms with Crippen LogP contribution >= 0.6 is 0 Å². The summed E-state index contributed by atoms with van der Waals surface area (Å²) in [5.41, 5.74) is 6.48. The standard InChI is InChI=1S/C23H28N4O4/c1-16(24)27-11-9-20(10-12-27)31-19-7-5-17(6-8-19)23(28)30-14-13-29-21-4-2-3-18(15-21)22(25)26/h2-8,15,20,24H,9-14H2,1H3,(H3,25,26). The van der Waals surface area contributed by atoms with Crippen LogP contribution in [0.3, 0.4) is 0 Å². The second kappa shape index (κ2) is 10.5. The molecule has 0 saturated carbocycles. The summed E-state index contributed by atoms with van der Waals surface area (Å²) in [4.78, 5) is 14.3. The summed E-state index contributed by atoms with van der Waals surface area (Å²) in [6.45, 7) is 3.75. The predicted octanol–water partition coefficient (Wildman–Crippen LogP) is 3.05. The number of likely N-dealkylation sites (tertiary alicyclic amines) is 1. The number of nitrogens with zero attached hydrogens (tertiary/aromatic N) is 1. The van der Waals surface area contributed by atoms with Crippen molar-refractivity contribution in [2.75, 3.05) is 26.3 Å². The van der Waals surface area contributed by atoms with E-state index in [0.717, 1.165) is 31.7 Å². The first-order chi connectivity index (χ1) is 14.9. The van der Waals surface area contributed by atoms with Crippen molar-refractivity contribution in [3.05, 3.63) is 59.7 Å². The smallest absolute Gasteiger partial charge is 0.338 e. The first kappa shape index (κ1) is 22.1. The van der Waals surface area contributed by atoms with Gasteiger partial charge in [0.25, 0.3) is 0 Å². The highest BCUT2D eigenvalue weighted by Crippen LogP contribution is 2.20. The van der Waals surface area contributed by atoms with Gasteiger partial charge in [0.05, 0.1) is 11.4 Å². The number of nitrogens with two attached hydrogens (primary N) is 1. The van der Waals surface area contributed by atoms with Gasteiger partial charge < -0.3 is 24.8 Å². The van der Waals surface area contributed by atoms with Gasteiger partial charge in [0.1, 0.15) is 36.7 Å². The van der Waals surface area contributed by atoms with E-state index in [4.69, 9.17) is 30.8 Å². The first-order valence-corrected chi connectivity index (χ1v) is 10.2. The van der Waals surface area contributed by atoms with Crippen LogP contribution in [0.25, 0.3) is 0 Å². The Morgan fingerprint density at radius 1 is 1.03 bits per heavy atom. The number of hydrogen-bond donors (Lipinski definition) is 3. The fourth-order valence-corrected chi connectivity index (χ4v) is 3.30. The maximum Gasteiger partial charge on any atom is 0.338 e. The maximum atomic E-state index is 12.2. The summed E-state index contributed by atoms with van der Waals surface area (Å²) in [5.74, 6) is 1.41. The Kier molecular flexibility index (Phi) is 7.48. The zero-order valence-electron chi connectivity index (χ0n) is 17.6. The van der Waals surface area contributed by atoms with Gasteiger partial charge in [0.2, 0.25) is 0 Å². The molecule has 1 aliphatic rings. The van der Waals surface area contributed by atoms with E-state index in [0.29, 0.717) is 22.7 Å². The third kappa shape index (κ3) is 6.47. The van der Waals surface area contributed by atoms with Crippen LogP contribution < -0.4 is 15.2 Å². The van der Waals surface area contributed by atoms with E-state index in [9.17, 15) is 4.79 Å². The molecule has 0 aromatic heterocycles. The Morgan fingerprint density at radius 2 is 1.74 bits per heavy atom. The number of ether oxygens (including phenoxy) is 3.